The summed E-state index contributed by atoms with van der Waals surface area (Å²) >= 11 is 0. The zero-order valence-corrected chi connectivity index (χ0v) is 8.45. The van der Waals surface area contributed by atoms with E-state index < -0.39 is 6.03 Å². The summed E-state index contributed by atoms with van der Waals surface area (Å²) in [4.78, 5) is 14.2. The summed E-state index contributed by atoms with van der Waals surface area (Å²) in [5, 5.41) is 0. The van der Waals surface area contributed by atoms with Crippen molar-refractivity contribution < 1.29 is 9.53 Å². The van der Waals surface area contributed by atoms with Crippen molar-refractivity contribution in [2.45, 2.75) is 6.42 Å². The highest BCUT2D eigenvalue weighted by Gasteiger charge is 2.10. The van der Waals surface area contributed by atoms with Gasteiger partial charge in [0.15, 0.2) is 0 Å². The first-order valence-corrected chi connectivity index (χ1v) is 4.87. The lowest BCUT2D eigenvalue weighted by atomic mass is 10.3. The second-order valence-corrected chi connectivity index (χ2v) is 3.41. The number of amides is 2. The van der Waals surface area contributed by atoms with Gasteiger partial charge < -0.3 is 15.4 Å². The Bertz CT molecular complexity index is 181. The molecule has 5 heteroatoms. The Labute approximate surface area is 84.8 Å². The Kier molecular flexibility index (Phi) is 4.69. The molecular formula is C9H18N3O2. The molecule has 1 saturated heterocycles. The molecule has 1 heterocycles. The summed E-state index contributed by atoms with van der Waals surface area (Å²) in [6, 6.07) is -0.466. The normalized spacial score (nSPS) is 18.1. The topological polar surface area (TPSA) is 58.8 Å². The van der Waals surface area contributed by atoms with Crippen LogP contribution in [0.2, 0.25) is 0 Å². The maximum Gasteiger partial charge on any atom is 0.314 e. The van der Waals surface area contributed by atoms with Crippen LogP contribution in [0, 0.1) is 7.05 Å². The van der Waals surface area contributed by atoms with Gasteiger partial charge in [-0.1, -0.05) is 0 Å². The maximum absolute atomic E-state index is 10.6. The zero-order valence-electron chi connectivity index (χ0n) is 8.45. The quantitative estimate of drug-likeness (QED) is 0.688. The van der Waals surface area contributed by atoms with E-state index in [0.29, 0.717) is 6.54 Å². The fraction of sp³-hybridized carbons (Fsp3) is 0.778. The highest BCUT2D eigenvalue weighted by atomic mass is 16.5. The summed E-state index contributed by atoms with van der Waals surface area (Å²) in [6.45, 7) is 5.17. The van der Waals surface area contributed by atoms with Crippen LogP contribution in [0.1, 0.15) is 6.42 Å². The van der Waals surface area contributed by atoms with Gasteiger partial charge in [0, 0.05) is 33.2 Å². The molecule has 81 valence electrons. The molecule has 2 amide bonds. The lowest BCUT2D eigenvalue weighted by Gasteiger charge is -2.27. The van der Waals surface area contributed by atoms with Crippen molar-refractivity contribution in [3.63, 3.8) is 0 Å². The second kappa shape index (κ2) is 5.82. The minimum Gasteiger partial charge on any atom is -0.379 e. The molecule has 0 bridgehead atoms. The molecule has 5 nitrogen and oxygen atoms in total. The molecule has 1 rings (SSSR count). The van der Waals surface area contributed by atoms with E-state index in [2.05, 4.69) is 11.9 Å². The SMILES string of the molecule is [CH2]N(CCCN1CCOCC1)C(N)=O. The van der Waals surface area contributed by atoms with Crippen LogP contribution in [-0.4, -0.2) is 55.2 Å². The lowest BCUT2D eigenvalue weighted by Crippen LogP contribution is -2.38. The largest absolute Gasteiger partial charge is 0.379 e. The van der Waals surface area contributed by atoms with Crippen molar-refractivity contribution in [2.75, 3.05) is 39.4 Å². The van der Waals surface area contributed by atoms with Crippen LogP contribution in [0.3, 0.4) is 0 Å². The van der Waals surface area contributed by atoms with Crippen molar-refractivity contribution in [1.82, 2.24) is 9.80 Å². The van der Waals surface area contributed by atoms with E-state index in [-0.39, 0.29) is 0 Å². The summed E-state index contributed by atoms with van der Waals surface area (Å²) < 4.78 is 5.23. The standard InChI is InChI=1S/C9H18N3O2/c1-11(9(10)13)3-2-4-12-5-7-14-8-6-12/h1-8H2,(H2,10,13). The highest BCUT2D eigenvalue weighted by molar-refractivity contribution is 5.72. The molecule has 1 fully saturated rings. The van der Waals surface area contributed by atoms with Crippen LogP contribution in [0.4, 0.5) is 4.79 Å². The number of hydrogen-bond donors (Lipinski definition) is 1. The fourth-order valence-corrected chi connectivity index (χ4v) is 1.42. The first-order chi connectivity index (χ1) is 6.70. The van der Waals surface area contributed by atoms with Crippen molar-refractivity contribution in [3.8, 4) is 0 Å². The highest BCUT2D eigenvalue weighted by Crippen LogP contribution is 1.98. The monoisotopic (exact) mass is 200 g/mol. The minimum absolute atomic E-state index is 0.466. The number of hydrogen-bond acceptors (Lipinski definition) is 3. The molecule has 2 N–H and O–H groups in total. The van der Waals surface area contributed by atoms with Gasteiger partial charge in [-0.25, -0.2) is 4.79 Å². The van der Waals surface area contributed by atoms with Gasteiger partial charge in [-0.05, 0) is 6.42 Å². The van der Waals surface area contributed by atoms with Gasteiger partial charge in [-0.3, -0.25) is 4.90 Å². The molecule has 0 unspecified atom stereocenters. The van der Waals surface area contributed by atoms with Gasteiger partial charge in [0.1, 0.15) is 0 Å². The van der Waals surface area contributed by atoms with E-state index in [1.165, 1.54) is 4.90 Å². The number of carbonyl (C=O) groups is 1. The molecule has 0 spiro atoms. The second-order valence-electron chi connectivity index (χ2n) is 3.41. The molecule has 1 aliphatic rings. The molecule has 0 saturated carbocycles. The molecule has 0 aromatic rings. The lowest BCUT2D eigenvalue weighted by molar-refractivity contribution is 0.0369. The van der Waals surface area contributed by atoms with Crippen molar-refractivity contribution >= 4 is 6.03 Å². The van der Waals surface area contributed by atoms with E-state index in [9.17, 15) is 4.79 Å². The fourth-order valence-electron chi connectivity index (χ4n) is 1.42. The van der Waals surface area contributed by atoms with E-state index >= 15 is 0 Å². The summed E-state index contributed by atoms with van der Waals surface area (Å²) in [6.07, 6.45) is 0.909. The van der Waals surface area contributed by atoms with Gasteiger partial charge in [-0.15, -0.1) is 0 Å². The molecule has 1 aliphatic heterocycles. The average Bonchev–Trinajstić information content (AvgIpc) is 2.19. The Balaban J connectivity index is 2.05. The summed E-state index contributed by atoms with van der Waals surface area (Å²) in [5.74, 6) is 0. The van der Waals surface area contributed by atoms with Crippen molar-refractivity contribution in [3.05, 3.63) is 7.05 Å². The van der Waals surface area contributed by atoms with Crippen LogP contribution in [0.5, 0.6) is 0 Å². The molecule has 0 atom stereocenters. The number of rotatable bonds is 4. The third-order valence-electron chi connectivity index (χ3n) is 2.32. The van der Waals surface area contributed by atoms with Gasteiger partial charge in [-0.2, -0.15) is 0 Å². The zero-order chi connectivity index (χ0) is 10.4. The Morgan fingerprint density at radius 3 is 2.71 bits per heavy atom. The van der Waals surface area contributed by atoms with Crippen molar-refractivity contribution in [1.29, 1.82) is 0 Å². The third kappa shape index (κ3) is 3.93. The van der Waals surface area contributed by atoms with Gasteiger partial charge in [0.2, 0.25) is 0 Å². The Morgan fingerprint density at radius 2 is 2.14 bits per heavy atom. The molecule has 0 aliphatic carbocycles. The van der Waals surface area contributed by atoms with Gasteiger partial charge in [0.05, 0.1) is 13.2 Å². The van der Waals surface area contributed by atoms with Crippen LogP contribution in [0.25, 0.3) is 0 Å². The smallest absolute Gasteiger partial charge is 0.314 e. The first-order valence-electron chi connectivity index (χ1n) is 4.87. The Morgan fingerprint density at radius 1 is 1.50 bits per heavy atom. The number of urea groups is 1. The number of carbonyl (C=O) groups excluding carboxylic acids is 1. The Hall–Kier alpha value is -0.810. The molecule has 0 aromatic carbocycles. The first kappa shape index (κ1) is 11.3. The maximum atomic E-state index is 10.6. The van der Waals surface area contributed by atoms with E-state index in [1.54, 1.807) is 0 Å². The minimum atomic E-state index is -0.466. The van der Waals surface area contributed by atoms with Gasteiger partial charge in [0.25, 0.3) is 0 Å². The number of ether oxygens (including phenoxy) is 1. The van der Waals surface area contributed by atoms with Crippen LogP contribution in [-0.2, 0) is 4.74 Å². The van der Waals surface area contributed by atoms with Crippen molar-refractivity contribution in [2.24, 2.45) is 5.73 Å². The predicted octanol–water partition coefficient (Wildman–Crippen LogP) is -0.119. The molecular weight excluding hydrogens is 182 g/mol. The molecule has 0 aromatic heterocycles. The van der Waals surface area contributed by atoms with Crippen LogP contribution >= 0.6 is 0 Å². The van der Waals surface area contributed by atoms with Gasteiger partial charge >= 0.3 is 6.03 Å². The summed E-state index contributed by atoms with van der Waals surface area (Å²) in [5.41, 5.74) is 5.05. The number of nitrogens with zero attached hydrogens (tertiary/aromatic N) is 2. The van der Waals surface area contributed by atoms with E-state index in [4.69, 9.17) is 10.5 Å². The third-order valence-corrected chi connectivity index (χ3v) is 2.32. The van der Waals surface area contributed by atoms with Crippen LogP contribution < -0.4 is 5.73 Å². The number of primary amides is 1. The van der Waals surface area contributed by atoms with E-state index in [0.717, 1.165) is 39.3 Å². The molecule has 14 heavy (non-hydrogen) atoms. The average molecular weight is 200 g/mol. The number of morpholine rings is 1. The molecule has 1 radical (unpaired) electrons. The predicted molar refractivity (Wildman–Crippen MR) is 53.5 cm³/mol. The summed E-state index contributed by atoms with van der Waals surface area (Å²) in [7, 11) is 3.54. The van der Waals surface area contributed by atoms with E-state index in [1.807, 2.05) is 0 Å². The number of nitrogens with two attached hydrogens (primary N) is 1. The van der Waals surface area contributed by atoms with Crippen LogP contribution in [0.15, 0.2) is 0 Å².